The molecule has 0 saturated heterocycles. The number of urea groups is 1. The molecule has 1 aromatic rings. The van der Waals surface area contributed by atoms with E-state index in [0.29, 0.717) is 0 Å². The largest absolute Gasteiger partial charge is 0.494 e. The summed E-state index contributed by atoms with van der Waals surface area (Å²) in [6.07, 6.45) is 0. The number of benzene rings is 1. The van der Waals surface area contributed by atoms with Crippen molar-refractivity contribution in [1.29, 1.82) is 0 Å². The van der Waals surface area contributed by atoms with Gasteiger partial charge in [-0.3, -0.25) is 4.79 Å². The SMILES string of the molecule is COCCN(CC(=O)O)C(=O)Nc1ccc(F)cc1OC. The average molecular weight is 300 g/mol. The van der Waals surface area contributed by atoms with Gasteiger partial charge in [-0.25, -0.2) is 9.18 Å². The van der Waals surface area contributed by atoms with Crippen molar-refractivity contribution in [3.05, 3.63) is 24.0 Å². The number of aliphatic carboxylic acids is 1. The molecule has 0 spiro atoms. The number of halogens is 1. The number of carbonyl (C=O) groups is 2. The van der Waals surface area contributed by atoms with Gasteiger partial charge < -0.3 is 24.8 Å². The van der Waals surface area contributed by atoms with E-state index in [-0.39, 0.29) is 24.6 Å². The minimum absolute atomic E-state index is 0.109. The normalized spacial score (nSPS) is 10.0. The van der Waals surface area contributed by atoms with Crippen LogP contribution < -0.4 is 10.1 Å². The molecular weight excluding hydrogens is 283 g/mol. The highest BCUT2D eigenvalue weighted by Crippen LogP contribution is 2.25. The van der Waals surface area contributed by atoms with Crippen LogP contribution in [0.1, 0.15) is 0 Å². The van der Waals surface area contributed by atoms with Crippen molar-refractivity contribution >= 4 is 17.7 Å². The number of carboxylic acids is 1. The van der Waals surface area contributed by atoms with Crippen molar-refractivity contribution < 1.29 is 28.6 Å². The first-order valence-corrected chi connectivity index (χ1v) is 6.08. The molecule has 0 heterocycles. The van der Waals surface area contributed by atoms with Crippen LogP contribution in [0.5, 0.6) is 5.75 Å². The van der Waals surface area contributed by atoms with Gasteiger partial charge in [0.05, 0.1) is 19.4 Å². The van der Waals surface area contributed by atoms with Crippen molar-refractivity contribution in [1.82, 2.24) is 4.90 Å². The standard InChI is InChI=1S/C13H17FN2O5/c1-20-6-5-16(8-12(17)18)13(19)15-10-4-3-9(14)7-11(10)21-2/h3-4,7H,5-6,8H2,1-2H3,(H,15,19)(H,17,18). The zero-order chi connectivity index (χ0) is 15.8. The number of methoxy groups -OCH3 is 2. The number of carboxylic acid groups (broad SMARTS) is 1. The first kappa shape index (κ1) is 16.7. The number of nitrogens with one attached hydrogen (secondary N) is 1. The van der Waals surface area contributed by atoms with Crippen LogP contribution in [0.15, 0.2) is 18.2 Å². The molecule has 0 aromatic heterocycles. The van der Waals surface area contributed by atoms with E-state index < -0.39 is 24.4 Å². The van der Waals surface area contributed by atoms with Gasteiger partial charge >= 0.3 is 12.0 Å². The highest BCUT2D eigenvalue weighted by atomic mass is 19.1. The van der Waals surface area contributed by atoms with Gasteiger partial charge in [-0.15, -0.1) is 0 Å². The predicted octanol–water partition coefficient (Wildman–Crippen LogP) is 1.40. The Balaban J connectivity index is 2.82. The number of rotatable bonds is 7. The summed E-state index contributed by atoms with van der Waals surface area (Å²) in [5.74, 6) is -1.51. The summed E-state index contributed by atoms with van der Waals surface area (Å²) in [5.41, 5.74) is 0.247. The van der Waals surface area contributed by atoms with Crippen molar-refractivity contribution in [2.75, 3.05) is 39.2 Å². The molecule has 0 aliphatic rings. The predicted molar refractivity (Wildman–Crippen MR) is 73.1 cm³/mol. The number of nitrogens with zero attached hydrogens (tertiary/aromatic N) is 1. The molecule has 0 saturated carbocycles. The first-order valence-electron chi connectivity index (χ1n) is 6.08. The highest BCUT2D eigenvalue weighted by molar-refractivity contribution is 5.92. The molecule has 0 aliphatic carbocycles. The van der Waals surface area contributed by atoms with Gasteiger partial charge in [-0.2, -0.15) is 0 Å². The maximum absolute atomic E-state index is 13.1. The second-order valence-corrected chi connectivity index (χ2v) is 4.08. The molecule has 2 amide bonds. The van der Waals surface area contributed by atoms with Crippen LogP contribution in [0.3, 0.4) is 0 Å². The molecule has 1 rings (SSSR count). The van der Waals surface area contributed by atoms with E-state index in [1.165, 1.54) is 20.3 Å². The molecule has 0 aliphatic heterocycles. The lowest BCUT2D eigenvalue weighted by Gasteiger charge is -2.21. The Labute approximate surface area is 121 Å². The van der Waals surface area contributed by atoms with Crippen molar-refractivity contribution in [3.63, 3.8) is 0 Å². The summed E-state index contributed by atoms with van der Waals surface area (Å²) >= 11 is 0. The smallest absolute Gasteiger partial charge is 0.323 e. The van der Waals surface area contributed by atoms with Gasteiger partial charge in [0, 0.05) is 19.7 Å². The molecule has 0 unspecified atom stereocenters. The maximum atomic E-state index is 13.1. The van der Waals surface area contributed by atoms with E-state index in [0.717, 1.165) is 17.0 Å². The zero-order valence-electron chi connectivity index (χ0n) is 11.8. The Morgan fingerprint density at radius 1 is 1.38 bits per heavy atom. The Morgan fingerprint density at radius 3 is 2.67 bits per heavy atom. The van der Waals surface area contributed by atoms with Gasteiger partial charge in [0.15, 0.2) is 0 Å². The van der Waals surface area contributed by atoms with Gasteiger partial charge in [0.1, 0.15) is 18.1 Å². The number of hydrogen-bond acceptors (Lipinski definition) is 4. The van der Waals surface area contributed by atoms with Crippen LogP contribution >= 0.6 is 0 Å². The summed E-state index contributed by atoms with van der Waals surface area (Å²) in [4.78, 5) is 23.9. The maximum Gasteiger partial charge on any atom is 0.323 e. The summed E-state index contributed by atoms with van der Waals surface area (Å²) in [6, 6.07) is 2.97. The van der Waals surface area contributed by atoms with Gasteiger partial charge in [-0.1, -0.05) is 0 Å². The van der Waals surface area contributed by atoms with Crippen molar-refractivity contribution in [2.24, 2.45) is 0 Å². The van der Waals surface area contributed by atoms with Crippen LogP contribution in [-0.4, -0.2) is 55.9 Å². The van der Waals surface area contributed by atoms with Crippen LogP contribution in [0.4, 0.5) is 14.9 Å². The zero-order valence-corrected chi connectivity index (χ0v) is 11.8. The minimum atomic E-state index is -1.15. The molecule has 1 aromatic carbocycles. The van der Waals surface area contributed by atoms with E-state index in [4.69, 9.17) is 14.6 Å². The third-order valence-electron chi connectivity index (χ3n) is 2.58. The highest BCUT2D eigenvalue weighted by Gasteiger charge is 2.18. The fourth-order valence-corrected chi connectivity index (χ4v) is 1.58. The Morgan fingerprint density at radius 2 is 2.10 bits per heavy atom. The molecule has 8 heteroatoms. The Bertz CT molecular complexity index is 509. The van der Waals surface area contributed by atoms with Gasteiger partial charge in [0.2, 0.25) is 0 Å². The molecule has 0 radical (unpaired) electrons. The van der Waals surface area contributed by atoms with E-state index in [2.05, 4.69) is 5.32 Å². The van der Waals surface area contributed by atoms with Crippen LogP contribution in [0.25, 0.3) is 0 Å². The summed E-state index contributed by atoms with van der Waals surface area (Å²) in [6.45, 7) is -0.169. The van der Waals surface area contributed by atoms with Gasteiger partial charge in [0.25, 0.3) is 0 Å². The minimum Gasteiger partial charge on any atom is -0.494 e. The topological polar surface area (TPSA) is 88.1 Å². The van der Waals surface area contributed by atoms with E-state index in [9.17, 15) is 14.0 Å². The lowest BCUT2D eigenvalue weighted by Crippen LogP contribution is -2.40. The lowest BCUT2D eigenvalue weighted by molar-refractivity contribution is -0.137. The fourth-order valence-electron chi connectivity index (χ4n) is 1.58. The van der Waals surface area contributed by atoms with Crippen LogP contribution in [-0.2, 0) is 9.53 Å². The van der Waals surface area contributed by atoms with E-state index in [1.807, 2.05) is 0 Å². The first-order chi connectivity index (χ1) is 9.97. The Kier molecular flexibility index (Phi) is 6.41. The second-order valence-electron chi connectivity index (χ2n) is 4.08. The molecule has 21 heavy (non-hydrogen) atoms. The molecule has 116 valence electrons. The number of ether oxygens (including phenoxy) is 2. The van der Waals surface area contributed by atoms with E-state index in [1.54, 1.807) is 0 Å². The lowest BCUT2D eigenvalue weighted by atomic mass is 10.3. The van der Waals surface area contributed by atoms with Crippen molar-refractivity contribution in [3.8, 4) is 5.75 Å². The third kappa shape index (κ3) is 5.27. The quantitative estimate of drug-likeness (QED) is 0.794. The number of carbonyl (C=O) groups excluding carboxylic acids is 1. The van der Waals surface area contributed by atoms with Crippen molar-refractivity contribution in [2.45, 2.75) is 0 Å². The second kappa shape index (κ2) is 8.05. The third-order valence-corrected chi connectivity index (χ3v) is 2.58. The molecule has 2 N–H and O–H groups in total. The molecule has 7 nitrogen and oxygen atoms in total. The number of hydrogen-bond donors (Lipinski definition) is 2. The molecule has 0 fully saturated rings. The van der Waals surface area contributed by atoms with E-state index >= 15 is 0 Å². The molecular formula is C13H17FN2O5. The van der Waals surface area contributed by atoms with Gasteiger partial charge in [-0.05, 0) is 12.1 Å². The van der Waals surface area contributed by atoms with Crippen LogP contribution in [0, 0.1) is 5.82 Å². The number of amides is 2. The molecule has 0 atom stereocenters. The molecule has 0 bridgehead atoms. The summed E-state index contributed by atoms with van der Waals surface area (Å²) < 4.78 is 22.9. The fraction of sp³-hybridized carbons (Fsp3) is 0.385. The summed E-state index contributed by atoms with van der Waals surface area (Å²) in [5, 5.41) is 11.3. The number of anilines is 1. The Hall–Kier alpha value is -2.35. The summed E-state index contributed by atoms with van der Waals surface area (Å²) in [7, 11) is 2.78. The average Bonchev–Trinajstić information content (AvgIpc) is 2.44. The van der Waals surface area contributed by atoms with Crippen LogP contribution in [0.2, 0.25) is 0 Å². The monoisotopic (exact) mass is 300 g/mol.